The number of hydrogen-bond donors (Lipinski definition) is 1. The molecule has 140 valence electrons. The number of imide groups is 2. The van der Waals surface area contributed by atoms with Crippen molar-refractivity contribution in [2.24, 2.45) is 5.92 Å². The Hall–Kier alpha value is -2.94. The van der Waals surface area contributed by atoms with E-state index in [1.807, 2.05) is 0 Å². The molecule has 0 radical (unpaired) electrons. The van der Waals surface area contributed by atoms with Gasteiger partial charge >= 0.3 is 12.0 Å². The van der Waals surface area contributed by atoms with Crippen LogP contribution in [0.1, 0.15) is 12.5 Å². The van der Waals surface area contributed by atoms with E-state index in [1.54, 1.807) is 24.3 Å². The van der Waals surface area contributed by atoms with Crippen molar-refractivity contribution in [3.8, 4) is 5.75 Å². The van der Waals surface area contributed by atoms with Crippen LogP contribution in [0, 0.1) is 5.92 Å². The summed E-state index contributed by atoms with van der Waals surface area (Å²) >= 11 is 0. The van der Waals surface area contributed by atoms with Crippen molar-refractivity contribution < 1.29 is 33.4 Å². The summed E-state index contributed by atoms with van der Waals surface area (Å²) < 4.78 is 15.0. The van der Waals surface area contributed by atoms with Crippen LogP contribution in [-0.2, 0) is 30.3 Å². The summed E-state index contributed by atoms with van der Waals surface area (Å²) in [6.07, 6.45) is 0.124. The molecule has 0 bridgehead atoms. The second-order valence-electron chi connectivity index (χ2n) is 5.55. The number of esters is 1. The van der Waals surface area contributed by atoms with Gasteiger partial charge in [-0.05, 0) is 24.1 Å². The van der Waals surface area contributed by atoms with Crippen molar-refractivity contribution in [1.82, 2.24) is 10.2 Å². The molecule has 1 saturated heterocycles. The maximum Gasteiger partial charge on any atom is 0.332 e. The lowest BCUT2D eigenvalue weighted by Crippen LogP contribution is -2.58. The van der Waals surface area contributed by atoms with Gasteiger partial charge in [0.25, 0.3) is 0 Å². The second kappa shape index (κ2) is 8.95. The van der Waals surface area contributed by atoms with E-state index in [2.05, 4.69) is 5.32 Å². The van der Waals surface area contributed by atoms with E-state index in [0.29, 0.717) is 5.75 Å². The SMILES string of the molecule is COc1cccc(CC2C(=O)NC(=O)N(COCCOC(C)=O)C2=O)c1. The molecule has 1 fully saturated rings. The van der Waals surface area contributed by atoms with Gasteiger partial charge in [-0.1, -0.05) is 12.1 Å². The summed E-state index contributed by atoms with van der Waals surface area (Å²) in [4.78, 5) is 47.9. The average molecular weight is 364 g/mol. The van der Waals surface area contributed by atoms with E-state index < -0.39 is 29.7 Å². The van der Waals surface area contributed by atoms with E-state index in [-0.39, 0.29) is 26.4 Å². The molecule has 0 spiro atoms. The second-order valence-corrected chi connectivity index (χ2v) is 5.55. The molecular weight excluding hydrogens is 344 g/mol. The van der Waals surface area contributed by atoms with Crippen LogP contribution in [0.25, 0.3) is 0 Å². The third kappa shape index (κ3) is 5.03. The highest BCUT2D eigenvalue weighted by molar-refractivity contribution is 6.16. The Morgan fingerprint density at radius 2 is 2.00 bits per heavy atom. The van der Waals surface area contributed by atoms with Crippen molar-refractivity contribution in [3.63, 3.8) is 0 Å². The Labute approximate surface area is 150 Å². The lowest BCUT2D eigenvalue weighted by Gasteiger charge is -2.29. The quantitative estimate of drug-likeness (QED) is 0.405. The normalized spacial score (nSPS) is 17.1. The highest BCUT2D eigenvalue weighted by Gasteiger charge is 2.40. The van der Waals surface area contributed by atoms with Crippen LogP contribution in [0.15, 0.2) is 24.3 Å². The van der Waals surface area contributed by atoms with Crippen LogP contribution in [0.5, 0.6) is 5.75 Å². The average Bonchev–Trinajstić information content (AvgIpc) is 2.60. The molecule has 2 rings (SSSR count). The van der Waals surface area contributed by atoms with Crippen molar-refractivity contribution in [3.05, 3.63) is 29.8 Å². The molecule has 1 aliphatic rings. The largest absolute Gasteiger partial charge is 0.497 e. The van der Waals surface area contributed by atoms with Crippen LogP contribution in [0.4, 0.5) is 4.79 Å². The Morgan fingerprint density at radius 1 is 1.23 bits per heavy atom. The van der Waals surface area contributed by atoms with Crippen molar-refractivity contribution >= 4 is 23.8 Å². The monoisotopic (exact) mass is 364 g/mol. The first-order valence-electron chi connectivity index (χ1n) is 7.92. The van der Waals surface area contributed by atoms with Gasteiger partial charge in [0.1, 0.15) is 25.0 Å². The lowest BCUT2D eigenvalue weighted by molar-refractivity contribution is -0.149. The van der Waals surface area contributed by atoms with Gasteiger partial charge in [-0.3, -0.25) is 19.7 Å². The number of barbiturate groups is 1. The highest BCUT2D eigenvalue weighted by atomic mass is 16.6. The summed E-state index contributed by atoms with van der Waals surface area (Å²) in [5, 5.41) is 2.15. The molecule has 1 N–H and O–H groups in total. The predicted octanol–water partition coefficient (Wildman–Crippen LogP) is 0.469. The number of methoxy groups -OCH3 is 1. The first-order valence-corrected chi connectivity index (χ1v) is 7.92. The number of carbonyl (C=O) groups is 4. The van der Waals surface area contributed by atoms with E-state index in [0.717, 1.165) is 10.5 Å². The van der Waals surface area contributed by atoms with E-state index >= 15 is 0 Å². The number of nitrogens with one attached hydrogen (secondary N) is 1. The van der Waals surface area contributed by atoms with Crippen LogP contribution >= 0.6 is 0 Å². The van der Waals surface area contributed by atoms with Crippen molar-refractivity contribution in [2.75, 3.05) is 27.1 Å². The number of ether oxygens (including phenoxy) is 3. The summed E-state index contributed by atoms with van der Waals surface area (Å²) in [6.45, 7) is 0.945. The Bertz CT molecular complexity index is 704. The number of amides is 4. The van der Waals surface area contributed by atoms with Crippen LogP contribution in [-0.4, -0.2) is 55.8 Å². The van der Waals surface area contributed by atoms with Crippen LogP contribution in [0.3, 0.4) is 0 Å². The molecule has 1 heterocycles. The fraction of sp³-hybridized carbons (Fsp3) is 0.412. The molecule has 1 atom stereocenters. The Morgan fingerprint density at radius 3 is 2.69 bits per heavy atom. The molecule has 1 aliphatic heterocycles. The molecule has 4 amide bonds. The molecule has 0 aromatic heterocycles. The zero-order valence-corrected chi connectivity index (χ0v) is 14.5. The van der Waals surface area contributed by atoms with Gasteiger partial charge in [-0.15, -0.1) is 0 Å². The van der Waals surface area contributed by atoms with Gasteiger partial charge in [0, 0.05) is 6.92 Å². The summed E-state index contributed by atoms with van der Waals surface area (Å²) in [6, 6.07) is 6.14. The maximum absolute atomic E-state index is 12.5. The minimum absolute atomic E-state index is 0.00511. The topological polar surface area (TPSA) is 111 Å². The summed E-state index contributed by atoms with van der Waals surface area (Å²) in [5.74, 6) is -2.19. The van der Waals surface area contributed by atoms with Crippen molar-refractivity contribution in [1.29, 1.82) is 0 Å². The number of carbonyl (C=O) groups excluding carboxylic acids is 4. The molecule has 0 saturated carbocycles. The van der Waals surface area contributed by atoms with E-state index in [9.17, 15) is 19.2 Å². The zero-order valence-electron chi connectivity index (χ0n) is 14.5. The van der Waals surface area contributed by atoms with E-state index in [1.165, 1.54) is 14.0 Å². The fourth-order valence-corrected chi connectivity index (χ4v) is 2.40. The number of hydrogen-bond acceptors (Lipinski definition) is 7. The van der Waals surface area contributed by atoms with Gasteiger partial charge in [-0.2, -0.15) is 0 Å². The minimum atomic E-state index is -1.04. The first-order chi connectivity index (χ1) is 12.4. The number of rotatable bonds is 8. The third-order valence-electron chi connectivity index (χ3n) is 3.68. The van der Waals surface area contributed by atoms with Gasteiger partial charge in [0.15, 0.2) is 0 Å². The van der Waals surface area contributed by atoms with Gasteiger partial charge < -0.3 is 14.2 Å². The minimum Gasteiger partial charge on any atom is -0.497 e. The van der Waals surface area contributed by atoms with Gasteiger partial charge in [0.2, 0.25) is 11.8 Å². The number of benzene rings is 1. The molecule has 26 heavy (non-hydrogen) atoms. The van der Waals surface area contributed by atoms with Gasteiger partial charge in [-0.25, -0.2) is 9.69 Å². The fourth-order valence-electron chi connectivity index (χ4n) is 2.40. The van der Waals surface area contributed by atoms with E-state index in [4.69, 9.17) is 14.2 Å². The molecule has 1 aromatic rings. The molecule has 9 nitrogen and oxygen atoms in total. The smallest absolute Gasteiger partial charge is 0.332 e. The molecule has 1 unspecified atom stereocenters. The molecule has 9 heteroatoms. The summed E-state index contributed by atoms with van der Waals surface area (Å²) in [7, 11) is 1.52. The highest BCUT2D eigenvalue weighted by Crippen LogP contribution is 2.19. The third-order valence-corrected chi connectivity index (χ3v) is 3.68. The summed E-state index contributed by atoms with van der Waals surface area (Å²) in [5.41, 5.74) is 0.725. The first kappa shape index (κ1) is 19.4. The van der Waals surface area contributed by atoms with Crippen LogP contribution < -0.4 is 10.1 Å². The zero-order chi connectivity index (χ0) is 19.1. The molecular formula is C17H20N2O7. The maximum atomic E-state index is 12.5. The number of urea groups is 1. The van der Waals surface area contributed by atoms with Crippen molar-refractivity contribution in [2.45, 2.75) is 13.3 Å². The Balaban J connectivity index is 1.98. The van der Waals surface area contributed by atoms with Crippen LogP contribution in [0.2, 0.25) is 0 Å². The molecule has 1 aromatic carbocycles. The Kier molecular flexibility index (Phi) is 6.67. The predicted molar refractivity (Wildman–Crippen MR) is 88.0 cm³/mol. The lowest BCUT2D eigenvalue weighted by atomic mass is 9.95. The standard InChI is InChI=1S/C17H20N2O7/c1-11(20)26-7-6-25-10-19-16(22)14(15(21)18-17(19)23)9-12-4-3-5-13(8-12)24-2/h3-5,8,14H,6-7,9-10H2,1-2H3,(H,18,21,23). The molecule has 0 aliphatic carbocycles. The number of nitrogens with zero attached hydrogens (tertiary/aromatic N) is 1. The van der Waals surface area contributed by atoms with Gasteiger partial charge in [0.05, 0.1) is 13.7 Å².